The first kappa shape index (κ1) is 20.5. The number of nitrogens with zero attached hydrogens (tertiary/aromatic N) is 2. The summed E-state index contributed by atoms with van der Waals surface area (Å²) in [4.78, 5) is 4.50. The predicted octanol–water partition coefficient (Wildman–Crippen LogP) is -1.43. The van der Waals surface area contributed by atoms with Crippen LogP contribution in [0.4, 0.5) is 0 Å². The summed E-state index contributed by atoms with van der Waals surface area (Å²) >= 11 is 0. The Balaban J connectivity index is 0.00000324. The summed E-state index contributed by atoms with van der Waals surface area (Å²) in [7, 11) is 0.0140. The minimum atomic E-state index is -1.69. The quantitative estimate of drug-likeness (QED) is 0.562. The Bertz CT molecular complexity index is 237. The van der Waals surface area contributed by atoms with Gasteiger partial charge in [0.25, 0.3) is 0 Å². The van der Waals surface area contributed by atoms with E-state index in [1.54, 1.807) is 7.11 Å². The third-order valence-electron chi connectivity index (χ3n) is 3.05. The fourth-order valence-corrected chi connectivity index (χ4v) is 2.31. The van der Waals surface area contributed by atoms with Crippen molar-refractivity contribution in [3.63, 3.8) is 0 Å². The van der Waals surface area contributed by atoms with E-state index in [0.717, 1.165) is 26.2 Å². The summed E-state index contributed by atoms with van der Waals surface area (Å²) in [5.74, 6) is 0.631. The van der Waals surface area contributed by atoms with Gasteiger partial charge in [-0.15, -0.1) is 0 Å². The van der Waals surface area contributed by atoms with E-state index < -0.39 is 7.32 Å². The molecule has 1 fully saturated rings. The van der Waals surface area contributed by atoms with Crippen molar-refractivity contribution in [1.82, 2.24) is 9.80 Å². The van der Waals surface area contributed by atoms with Crippen LogP contribution in [0.3, 0.4) is 0 Å². The molecule has 2 N–H and O–H groups in total. The summed E-state index contributed by atoms with van der Waals surface area (Å²) < 4.78 is 10.1. The van der Waals surface area contributed by atoms with Gasteiger partial charge in [-0.05, 0) is 5.92 Å². The standard InChI is InChI=1S/C11H25BN2O4.K.H/c1-10(2)6-14-5-4-13(9-18-12(15)16)7-11(14)8-17-3;;/h10-11,15-16H,4-9H2,1-3H3;;. The van der Waals surface area contributed by atoms with Crippen molar-refractivity contribution < 1.29 is 19.4 Å². The van der Waals surface area contributed by atoms with E-state index in [-0.39, 0.29) is 58.1 Å². The van der Waals surface area contributed by atoms with Gasteiger partial charge in [0, 0.05) is 39.3 Å². The molecule has 0 radical (unpaired) electrons. The normalized spacial score (nSPS) is 21.5. The Morgan fingerprint density at radius 1 is 1.32 bits per heavy atom. The number of methoxy groups -OCH3 is 1. The summed E-state index contributed by atoms with van der Waals surface area (Å²) in [6.07, 6.45) is 0. The topological polar surface area (TPSA) is 65.4 Å². The SMILES string of the molecule is COCC1CN(COB(O)O)CCN1CC(C)C.[KH]. The van der Waals surface area contributed by atoms with Crippen molar-refractivity contribution >= 4 is 58.7 Å². The Hall–Kier alpha value is 1.46. The molecule has 6 nitrogen and oxygen atoms in total. The van der Waals surface area contributed by atoms with E-state index in [4.69, 9.17) is 19.4 Å². The molecule has 0 aromatic heterocycles. The molecule has 0 spiro atoms. The first-order valence-electron chi connectivity index (χ1n) is 6.46. The second kappa shape index (κ2) is 11.1. The first-order chi connectivity index (χ1) is 8.52. The van der Waals surface area contributed by atoms with Gasteiger partial charge in [-0.3, -0.25) is 9.80 Å². The molecule has 19 heavy (non-hydrogen) atoms. The van der Waals surface area contributed by atoms with E-state index in [2.05, 4.69) is 23.6 Å². The van der Waals surface area contributed by atoms with Crippen molar-refractivity contribution in [2.24, 2.45) is 5.92 Å². The number of hydrogen-bond donors (Lipinski definition) is 2. The van der Waals surface area contributed by atoms with Crippen molar-refractivity contribution in [1.29, 1.82) is 0 Å². The van der Waals surface area contributed by atoms with Crippen LogP contribution < -0.4 is 0 Å². The molecule has 0 aliphatic carbocycles. The van der Waals surface area contributed by atoms with Crippen LogP contribution in [-0.2, 0) is 9.39 Å². The molecule has 0 aromatic rings. The van der Waals surface area contributed by atoms with Crippen molar-refractivity contribution in [3.05, 3.63) is 0 Å². The molecule has 0 bridgehead atoms. The molecule has 0 amide bonds. The molecule has 1 unspecified atom stereocenters. The minimum absolute atomic E-state index is 0. The first-order valence-corrected chi connectivity index (χ1v) is 6.46. The van der Waals surface area contributed by atoms with Crippen molar-refractivity contribution in [2.75, 3.05) is 46.6 Å². The van der Waals surface area contributed by atoms with Gasteiger partial charge in [-0.1, -0.05) is 13.8 Å². The van der Waals surface area contributed by atoms with Gasteiger partial charge in [-0.2, -0.15) is 0 Å². The zero-order chi connectivity index (χ0) is 13.5. The third kappa shape index (κ3) is 8.47. The monoisotopic (exact) mass is 300 g/mol. The maximum atomic E-state index is 8.69. The maximum absolute atomic E-state index is 8.69. The molecule has 1 rings (SSSR count). The van der Waals surface area contributed by atoms with E-state index >= 15 is 0 Å². The Morgan fingerprint density at radius 2 is 2.00 bits per heavy atom. The summed E-state index contributed by atoms with van der Waals surface area (Å²) in [6, 6.07) is 0.339. The van der Waals surface area contributed by atoms with Gasteiger partial charge >= 0.3 is 58.7 Å². The molecule has 0 saturated carbocycles. The van der Waals surface area contributed by atoms with Gasteiger partial charge < -0.3 is 19.4 Å². The van der Waals surface area contributed by atoms with Crippen LogP contribution >= 0.6 is 0 Å². The van der Waals surface area contributed by atoms with Gasteiger partial charge in [0.05, 0.1) is 13.3 Å². The molecule has 0 aromatic carbocycles. The van der Waals surface area contributed by atoms with E-state index in [0.29, 0.717) is 18.6 Å². The Labute approximate surface area is 159 Å². The zero-order valence-corrected chi connectivity index (χ0v) is 11.6. The fraction of sp³-hybridized carbons (Fsp3) is 1.00. The Morgan fingerprint density at radius 3 is 2.53 bits per heavy atom. The Kier molecular flexibility index (Phi) is 11.9. The average molecular weight is 300 g/mol. The summed E-state index contributed by atoms with van der Waals surface area (Å²) in [6.45, 7) is 9.07. The van der Waals surface area contributed by atoms with Crippen LogP contribution in [0.5, 0.6) is 0 Å². The number of piperazine rings is 1. The second-order valence-corrected chi connectivity index (χ2v) is 5.20. The van der Waals surface area contributed by atoms with Crippen molar-refractivity contribution in [2.45, 2.75) is 19.9 Å². The molecule has 1 atom stereocenters. The fourth-order valence-electron chi connectivity index (χ4n) is 2.31. The van der Waals surface area contributed by atoms with Crippen molar-refractivity contribution in [3.8, 4) is 0 Å². The van der Waals surface area contributed by atoms with Crippen LogP contribution in [0.25, 0.3) is 0 Å². The molecule has 1 heterocycles. The molecule has 8 heteroatoms. The molecule has 1 saturated heterocycles. The molecular formula is C11H26BKN2O4. The van der Waals surface area contributed by atoms with Gasteiger partial charge in [0.2, 0.25) is 0 Å². The van der Waals surface area contributed by atoms with Gasteiger partial charge in [0.1, 0.15) is 0 Å². The van der Waals surface area contributed by atoms with E-state index in [1.807, 2.05) is 0 Å². The molecule has 1 aliphatic rings. The predicted molar refractivity (Wildman–Crippen MR) is 76.9 cm³/mol. The molecule has 1 aliphatic heterocycles. The number of hydrogen-bond acceptors (Lipinski definition) is 6. The summed E-state index contributed by atoms with van der Waals surface area (Å²) in [5.41, 5.74) is 0. The zero-order valence-electron chi connectivity index (χ0n) is 11.6. The van der Waals surface area contributed by atoms with E-state index in [9.17, 15) is 0 Å². The number of rotatable bonds is 7. The van der Waals surface area contributed by atoms with Crippen LogP contribution in [0, 0.1) is 5.92 Å². The number of ether oxygens (including phenoxy) is 1. The molecule has 108 valence electrons. The second-order valence-electron chi connectivity index (χ2n) is 5.20. The average Bonchev–Trinajstić information content (AvgIpc) is 2.29. The summed E-state index contributed by atoms with van der Waals surface area (Å²) in [5, 5.41) is 17.4. The molecular weight excluding hydrogens is 274 g/mol. The third-order valence-corrected chi connectivity index (χ3v) is 3.05. The van der Waals surface area contributed by atoms with Gasteiger partial charge in [-0.25, -0.2) is 0 Å². The van der Waals surface area contributed by atoms with Crippen LogP contribution in [0.1, 0.15) is 13.8 Å². The van der Waals surface area contributed by atoms with Crippen LogP contribution in [-0.4, -0.2) is 131 Å². The van der Waals surface area contributed by atoms with Gasteiger partial charge in [0.15, 0.2) is 0 Å². The van der Waals surface area contributed by atoms with E-state index in [1.165, 1.54) is 0 Å². The van der Waals surface area contributed by atoms with Crippen LogP contribution in [0.2, 0.25) is 0 Å². The van der Waals surface area contributed by atoms with Crippen LogP contribution in [0.15, 0.2) is 0 Å².